The van der Waals surface area contributed by atoms with Gasteiger partial charge in [-0.15, -0.1) is 0 Å². The van der Waals surface area contributed by atoms with E-state index in [1.807, 2.05) is 55.5 Å². The van der Waals surface area contributed by atoms with Crippen LogP contribution in [0.3, 0.4) is 0 Å². The number of fused-ring (bicyclic) bond motifs is 2. The molecule has 1 atom stereocenters. The molecule has 3 aromatic rings. The average Bonchev–Trinajstić information content (AvgIpc) is 2.77. The Kier molecular flexibility index (Phi) is 5.89. The van der Waals surface area contributed by atoms with Gasteiger partial charge in [0.05, 0.1) is 18.6 Å². The van der Waals surface area contributed by atoms with Gasteiger partial charge < -0.3 is 24.7 Å². The first-order valence-electron chi connectivity index (χ1n) is 10.2. The highest BCUT2D eigenvalue weighted by Crippen LogP contribution is 2.44. The third kappa shape index (κ3) is 4.38. The number of aliphatic carboxylic acids is 1. The predicted octanol–water partition coefficient (Wildman–Crippen LogP) is 3.32. The maximum atomic E-state index is 13.5. The zero-order valence-electron chi connectivity index (χ0n) is 17.0. The molecule has 158 valence electrons. The number of carboxylic acid groups (broad SMARTS) is 1. The van der Waals surface area contributed by atoms with Crippen molar-refractivity contribution in [3.63, 3.8) is 0 Å². The minimum absolute atomic E-state index is 0.302. The summed E-state index contributed by atoms with van der Waals surface area (Å²) in [5, 5.41) is 14.3. The van der Waals surface area contributed by atoms with Crippen molar-refractivity contribution in [3.05, 3.63) is 89.5 Å². The van der Waals surface area contributed by atoms with E-state index >= 15 is 0 Å². The molecule has 0 spiro atoms. The summed E-state index contributed by atoms with van der Waals surface area (Å²) in [4.78, 5) is 24.9. The fourth-order valence-corrected chi connectivity index (χ4v) is 3.83. The second kappa shape index (κ2) is 8.92. The highest BCUT2D eigenvalue weighted by atomic mass is 16.5. The summed E-state index contributed by atoms with van der Waals surface area (Å²) >= 11 is 0. The number of carbonyl (C=O) groups excluding carboxylic acids is 2. The summed E-state index contributed by atoms with van der Waals surface area (Å²) < 4.78 is 11.4. The number of hydrogen-bond donors (Lipinski definition) is 1. The van der Waals surface area contributed by atoms with E-state index in [4.69, 9.17) is 9.47 Å². The van der Waals surface area contributed by atoms with Crippen molar-refractivity contribution in [1.82, 2.24) is 5.32 Å². The molecule has 0 saturated carbocycles. The molecular formula is C25H22NO5-. The van der Waals surface area contributed by atoms with Gasteiger partial charge in [-0.25, -0.2) is 0 Å². The van der Waals surface area contributed by atoms with Gasteiger partial charge in [-0.2, -0.15) is 0 Å². The minimum atomic E-state index is -1.24. The van der Waals surface area contributed by atoms with Crippen molar-refractivity contribution in [2.45, 2.75) is 25.3 Å². The summed E-state index contributed by atoms with van der Waals surface area (Å²) in [5.74, 6) is -0.266. The molecule has 0 saturated heterocycles. The fourth-order valence-electron chi connectivity index (χ4n) is 3.83. The first kappa shape index (κ1) is 20.5. The monoisotopic (exact) mass is 416 g/mol. The topological polar surface area (TPSA) is 87.7 Å². The molecule has 31 heavy (non-hydrogen) atoms. The Balaban J connectivity index is 1.65. The van der Waals surface area contributed by atoms with Gasteiger partial charge in [0.15, 0.2) is 0 Å². The van der Waals surface area contributed by atoms with Gasteiger partial charge in [0, 0.05) is 23.5 Å². The number of amides is 1. The van der Waals surface area contributed by atoms with E-state index in [1.54, 1.807) is 24.3 Å². The molecule has 1 unspecified atom stereocenters. The van der Waals surface area contributed by atoms with Crippen LogP contribution in [0.2, 0.25) is 0 Å². The minimum Gasteiger partial charge on any atom is -0.550 e. The van der Waals surface area contributed by atoms with E-state index in [9.17, 15) is 14.7 Å². The summed E-state index contributed by atoms with van der Waals surface area (Å²) in [7, 11) is 0. The first-order chi connectivity index (χ1) is 15.1. The van der Waals surface area contributed by atoms with E-state index < -0.39 is 17.9 Å². The first-order valence-corrected chi connectivity index (χ1v) is 10.2. The molecule has 0 fully saturated rings. The van der Waals surface area contributed by atoms with Gasteiger partial charge in [-0.1, -0.05) is 48.5 Å². The number of nitrogens with one attached hydrogen (secondary N) is 1. The lowest BCUT2D eigenvalue weighted by atomic mass is 9.86. The van der Waals surface area contributed by atoms with Crippen LogP contribution in [-0.4, -0.2) is 18.5 Å². The molecule has 0 radical (unpaired) electrons. The van der Waals surface area contributed by atoms with Gasteiger partial charge in [-0.05, 0) is 36.8 Å². The summed E-state index contributed by atoms with van der Waals surface area (Å²) in [6.07, 6.45) is -0.341. The predicted molar refractivity (Wildman–Crippen MR) is 113 cm³/mol. The number of carbonyl (C=O) groups is 2. The van der Waals surface area contributed by atoms with E-state index in [1.165, 1.54) is 0 Å². The summed E-state index contributed by atoms with van der Waals surface area (Å²) in [6.45, 7) is 2.41. The van der Waals surface area contributed by atoms with Crippen LogP contribution in [0.1, 0.15) is 42.0 Å². The van der Waals surface area contributed by atoms with Gasteiger partial charge in [0.2, 0.25) is 5.91 Å². The number of carboxylic acids is 1. The molecule has 1 aliphatic rings. The Bertz CT molecular complexity index is 1050. The van der Waals surface area contributed by atoms with Gasteiger partial charge in [0.25, 0.3) is 0 Å². The lowest BCUT2D eigenvalue weighted by Gasteiger charge is -2.29. The molecule has 0 aromatic heterocycles. The maximum absolute atomic E-state index is 13.5. The van der Waals surface area contributed by atoms with Crippen LogP contribution in [0.25, 0.3) is 0 Å². The fraction of sp³-hybridized carbons (Fsp3) is 0.200. The number of rotatable bonds is 7. The molecule has 0 aliphatic carbocycles. The number of benzene rings is 3. The largest absolute Gasteiger partial charge is 0.550 e. The van der Waals surface area contributed by atoms with Crippen molar-refractivity contribution in [3.8, 4) is 17.2 Å². The normalized spacial score (nSPS) is 13.3. The Hall–Kier alpha value is -3.80. The van der Waals surface area contributed by atoms with Crippen LogP contribution >= 0.6 is 0 Å². The lowest BCUT2D eigenvalue weighted by molar-refractivity contribution is -0.306. The molecule has 1 heterocycles. The van der Waals surface area contributed by atoms with E-state index in [-0.39, 0.29) is 12.3 Å². The lowest BCUT2D eigenvalue weighted by Crippen LogP contribution is -2.37. The van der Waals surface area contributed by atoms with E-state index in [0.717, 1.165) is 11.1 Å². The third-order valence-corrected chi connectivity index (χ3v) is 5.22. The van der Waals surface area contributed by atoms with Crippen molar-refractivity contribution in [2.24, 2.45) is 0 Å². The highest BCUT2D eigenvalue weighted by Gasteiger charge is 2.33. The smallest absolute Gasteiger partial charge is 0.232 e. The van der Waals surface area contributed by atoms with Gasteiger partial charge in [0.1, 0.15) is 17.2 Å². The van der Waals surface area contributed by atoms with Crippen molar-refractivity contribution in [1.29, 1.82) is 0 Å². The zero-order chi connectivity index (χ0) is 21.8. The van der Waals surface area contributed by atoms with Crippen LogP contribution in [0.4, 0.5) is 0 Å². The standard InChI is InChI=1S/C25H23NO5/c1-2-30-17-13-11-16(12-14-17)20(15-23(27)28)26-25(29)24-18-7-3-5-9-21(18)31-22-10-6-4-8-19(22)24/h3-14,20,24H,2,15H2,1H3,(H,26,29)(H,27,28)/p-1. The van der Waals surface area contributed by atoms with Crippen LogP contribution in [0.15, 0.2) is 72.8 Å². The Morgan fingerprint density at radius 2 is 1.55 bits per heavy atom. The summed E-state index contributed by atoms with van der Waals surface area (Å²) in [6, 6.07) is 21.0. The molecule has 1 aliphatic heterocycles. The average molecular weight is 416 g/mol. The van der Waals surface area contributed by atoms with Gasteiger partial charge >= 0.3 is 0 Å². The molecule has 1 amide bonds. The molecule has 6 heteroatoms. The molecule has 3 aromatic carbocycles. The quantitative estimate of drug-likeness (QED) is 0.638. The van der Waals surface area contributed by atoms with Crippen LogP contribution in [0.5, 0.6) is 17.2 Å². The maximum Gasteiger partial charge on any atom is 0.232 e. The number of ether oxygens (including phenoxy) is 2. The van der Waals surface area contributed by atoms with E-state index in [0.29, 0.717) is 29.4 Å². The van der Waals surface area contributed by atoms with Crippen LogP contribution in [0, 0.1) is 0 Å². The third-order valence-electron chi connectivity index (χ3n) is 5.22. The van der Waals surface area contributed by atoms with Crippen molar-refractivity contribution in [2.75, 3.05) is 6.61 Å². The second-order valence-corrected chi connectivity index (χ2v) is 7.25. The molecule has 1 N–H and O–H groups in total. The van der Waals surface area contributed by atoms with Crippen molar-refractivity contribution >= 4 is 11.9 Å². The van der Waals surface area contributed by atoms with Crippen LogP contribution in [-0.2, 0) is 9.59 Å². The molecule has 4 rings (SSSR count). The van der Waals surface area contributed by atoms with Gasteiger partial charge in [-0.3, -0.25) is 4.79 Å². The SMILES string of the molecule is CCOc1ccc(C(CC(=O)[O-])NC(=O)C2c3ccccc3Oc3ccccc32)cc1. The number of para-hydroxylation sites is 2. The Labute approximate surface area is 180 Å². The van der Waals surface area contributed by atoms with Crippen molar-refractivity contribution < 1.29 is 24.2 Å². The van der Waals surface area contributed by atoms with Crippen LogP contribution < -0.4 is 19.9 Å². The molecule has 0 bridgehead atoms. The molecular weight excluding hydrogens is 394 g/mol. The second-order valence-electron chi connectivity index (χ2n) is 7.25. The Morgan fingerprint density at radius 3 is 2.10 bits per heavy atom. The summed E-state index contributed by atoms with van der Waals surface area (Å²) in [5.41, 5.74) is 2.13. The highest BCUT2D eigenvalue weighted by molar-refractivity contribution is 5.90. The Morgan fingerprint density at radius 1 is 0.968 bits per heavy atom. The van der Waals surface area contributed by atoms with E-state index in [2.05, 4.69) is 5.32 Å². The number of hydrogen-bond acceptors (Lipinski definition) is 5. The zero-order valence-corrected chi connectivity index (χ0v) is 17.0. The molecule has 6 nitrogen and oxygen atoms in total.